The van der Waals surface area contributed by atoms with Gasteiger partial charge in [-0.3, -0.25) is 4.79 Å². The molecule has 2 aromatic heterocycles. The number of rotatable bonds is 5. The summed E-state index contributed by atoms with van der Waals surface area (Å²) in [6, 6.07) is 8.62. The molecule has 2 heterocycles. The van der Waals surface area contributed by atoms with Crippen molar-refractivity contribution in [2.45, 2.75) is 19.6 Å². The number of nitrogens with zero attached hydrogens (tertiary/aromatic N) is 1. The van der Waals surface area contributed by atoms with Crippen LogP contribution in [0.5, 0.6) is 0 Å². The quantitative estimate of drug-likeness (QED) is 0.666. The van der Waals surface area contributed by atoms with Crippen molar-refractivity contribution in [2.75, 3.05) is 5.32 Å². The van der Waals surface area contributed by atoms with Crippen molar-refractivity contribution in [3.05, 3.63) is 53.1 Å². The highest BCUT2D eigenvalue weighted by molar-refractivity contribution is 7.14. The number of halogens is 3. The number of nitrogens with one attached hydrogen (secondary N) is 2. The van der Waals surface area contributed by atoms with E-state index in [1.807, 2.05) is 0 Å². The molecule has 1 aromatic carbocycles. The Morgan fingerprint density at radius 2 is 2.00 bits per heavy atom. The molecule has 0 fully saturated rings. The minimum Gasteiger partial charge on any atom is -0.458 e. The molecule has 0 bridgehead atoms. The highest BCUT2D eigenvalue weighted by atomic mass is 32.1. The van der Waals surface area contributed by atoms with Crippen molar-refractivity contribution < 1.29 is 22.4 Å². The van der Waals surface area contributed by atoms with Crippen molar-refractivity contribution in [3.8, 4) is 11.5 Å². The molecule has 0 atom stereocenters. The van der Waals surface area contributed by atoms with Gasteiger partial charge in [0, 0.05) is 12.3 Å². The largest absolute Gasteiger partial charge is 0.458 e. The van der Waals surface area contributed by atoms with E-state index in [4.69, 9.17) is 4.42 Å². The SMILES string of the molecule is CC(=O)NCc1ccc(-c2csc(Nc3ccccc3C(F)(F)F)n2)o1. The van der Waals surface area contributed by atoms with Gasteiger partial charge >= 0.3 is 6.18 Å². The minimum absolute atomic E-state index is 0.0632. The standard InChI is InChI=1S/C17H14F3N3O2S/c1-10(24)21-8-11-6-7-15(25-11)14-9-26-16(23-14)22-13-5-3-2-4-12(13)17(18,19)20/h2-7,9H,8H2,1H3,(H,21,24)(H,22,23). The number of para-hydroxylation sites is 1. The first kappa shape index (κ1) is 18.0. The zero-order valence-electron chi connectivity index (χ0n) is 13.6. The molecule has 9 heteroatoms. The predicted octanol–water partition coefficient (Wildman–Crippen LogP) is 4.80. The summed E-state index contributed by atoms with van der Waals surface area (Å²) < 4.78 is 44.7. The maximum absolute atomic E-state index is 13.1. The van der Waals surface area contributed by atoms with Gasteiger partial charge in [0.25, 0.3) is 0 Å². The van der Waals surface area contributed by atoms with Crippen molar-refractivity contribution in [3.63, 3.8) is 0 Å². The normalized spacial score (nSPS) is 11.4. The Balaban J connectivity index is 1.76. The van der Waals surface area contributed by atoms with Crippen molar-refractivity contribution in [1.82, 2.24) is 10.3 Å². The van der Waals surface area contributed by atoms with Gasteiger partial charge in [0.05, 0.1) is 17.8 Å². The van der Waals surface area contributed by atoms with Crippen molar-refractivity contribution in [2.24, 2.45) is 0 Å². The van der Waals surface area contributed by atoms with Gasteiger partial charge in [0.15, 0.2) is 10.9 Å². The molecule has 0 saturated heterocycles. The van der Waals surface area contributed by atoms with Gasteiger partial charge in [-0.15, -0.1) is 11.3 Å². The third kappa shape index (κ3) is 4.23. The summed E-state index contributed by atoms with van der Waals surface area (Å²) in [6.45, 7) is 1.66. The second kappa shape index (κ2) is 7.20. The summed E-state index contributed by atoms with van der Waals surface area (Å²) in [5.41, 5.74) is -0.324. The summed E-state index contributed by atoms with van der Waals surface area (Å²) in [5.74, 6) is 0.852. The van der Waals surface area contributed by atoms with Gasteiger partial charge in [-0.1, -0.05) is 12.1 Å². The van der Waals surface area contributed by atoms with Gasteiger partial charge in [-0.25, -0.2) is 4.98 Å². The lowest BCUT2D eigenvalue weighted by Crippen LogP contribution is -2.18. The molecule has 0 saturated carbocycles. The number of benzene rings is 1. The van der Waals surface area contributed by atoms with Crippen LogP contribution in [0.25, 0.3) is 11.5 Å². The van der Waals surface area contributed by atoms with E-state index >= 15 is 0 Å². The van der Waals surface area contributed by atoms with Crippen LogP contribution in [0.4, 0.5) is 24.0 Å². The first-order valence-electron chi connectivity index (χ1n) is 7.55. The van der Waals surface area contributed by atoms with Crippen molar-refractivity contribution >= 4 is 28.1 Å². The fraction of sp³-hybridized carbons (Fsp3) is 0.176. The van der Waals surface area contributed by atoms with Crippen LogP contribution >= 0.6 is 11.3 Å². The Bertz CT molecular complexity index is 918. The number of alkyl halides is 3. The van der Waals surface area contributed by atoms with E-state index in [2.05, 4.69) is 15.6 Å². The fourth-order valence-corrected chi connectivity index (χ4v) is 2.93. The second-order valence-corrected chi connectivity index (χ2v) is 6.24. The predicted molar refractivity (Wildman–Crippen MR) is 92.1 cm³/mol. The van der Waals surface area contributed by atoms with E-state index in [-0.39, 0.29) is 18.1 Å². The van der Waals surface area contributed by atoms with Crippen LogP contribution in [0, 0.1) is 0 Å². The number of thiazole rings is 1. The molecular formula is C17H14F3N3O2S. The van der Waals surface area contributed by atoms with E-state index < -0.39 is 11.7 Å². The lowest BCUT2D eigenvalue weighted by Gasteiger charge is -2.12. The first-order valence-corrected chi connectivity index (χ1v) is 8.43. The van der Waals surface area contributed by atoms with E-state index in [0.29, 0.717) is 22.3 Å². The number of carbonyl (C=O) groups excluding carboxylic acids is 1. The van der Waals surface area contributed by atoms with Gasteiger partial charge in [0.1, 0.15) is 11.5 Å². The monoisotopic (exact) mass is 381 g/mol. The zero-order valence-corrected chi connectivity index (χ0v) is 14.4. The zero-order chi connectivity index (χ0) is 18.7. The summed E-state index contributed by atoms with van der Waals surface area (Å²) >= 11 is 1.17. The number of aromatic nitrogens is 1. The molecule has 0 aliphatic rings. The molecule has 1 amide bonds. The third-order valence-electron chi connectivity index (χ3n) is 3.40. The number of hydrogen-bond donors (Lipinski definition) is 2. The molecule has 0 unspecified atom stereocenters. The Morgan fingerprint density at radius 1 is 1.23 bits per heavy atom. The lowest BCUT2D eigenvalue weighted by atomic mass is 10.2. The maximum atomic E-state index is 13.1. The van der Waals surface area contributed by atoms with Gasteiger partial charge in [0.2, 0.25) is 5.91 Å². The van der Waals surface area contributed by atoms with Crippen molar-refractivity contribution in [1.29, 1.82) is 0 Å². The van der Waals surface area contributed by atoms with Crippen LogP contribution in [-0.4, -0.2) is 10.9 Å². The number of furan rings is 1. The Kier molecular flexibility index (Phi) is 4.99. The average molecular weight is 381 g/mol. The molecule has 136 valence electrons. The highest BCUT2D eigenvalue weighted by Gasteiger charge is 2.33. The Labute approximate surface area is 150 Å². The van der Waals surface area contributed by atoms with Gasteiger partial charge in [-0.2, -0.15) is 13.2 Å². The molecule has 3 rings (SSSR count). The molecule has 5 nitrogen and oxygen atoms in total. The van der Waals surface area contributed by atoms with Gasteiger partial charge < -0.3 is 15.1 Å². The molecule has 0 aliphatic heterocycles. The van der Waals surface area contributed by atoms with E-state index in [1.54, 1.807) is 17.5 Å². The Morgan fingerprint density at radius 3 is 2.73 bits per heavy atom. The molecule has 3 aromatic rings. The number of hydrogen-bond acceptors (Lipinski definition) is 5. The summed E-state index contributed by atoms with van der Waals surface area (Å²) in [5, 5.41) is 7.32. The van der Waals surface area contributed by atoms with E-state index in [0.717, 1.165) is 6.07 Å². The number of anilines is 2. The summed E-state index contributed by atoms with van der Waals surface area (Å²) in [7, 11) is 0. The number of amides is 1. The van der Waals surface area contributed by atoms with E-state index in [1.165, 1.54) is 36.5 Å². The summed E-state index contributed by atoms with van der Waals surface area (Å²) in [6.07, 6.45) is -4.46. The highest BCUT2D eigenvalue weighted by Crippen LogP contribution is 2.37. The fourth-order valence-electron chi connectivity index (χ4n) is 2.22. The van der Waals surface area contributed by atoms with Crippen LogP contribution in [-0.2, 0) is 17.5 Å². The first-order chi connectivity index (χ1) is 12.3. The lowest BCUT2D eigenvalue weighted by molar-refractivity contribution is -0.137. The second-order valence-electron chi connectivity index (χ2n) is 5.38. The summed E-state index contributed by atoms with van der Waals surface area (Å²) in [4.78, 5) is 15.2. The van der Waals surface area contributed by atoms with Gasteiger partial charge in [-0.05, 0) is 24.3 Å². The van der Waals surface area contributed by atoms with E-state index in [9.17, 15) is 18.0 Å². The molecule has 26 heavy (non-hydrogen) atoms. The number of carbonyl (C=O) groups is 1. The topological polar surface area (TPSA) is 67.2 Å². The Hall–Kier alpha value is -2.81. The van der Waals surface area contributed by atoms with Crippen LogP contribution in [0.1, 0.15) is 18.2 Å². The average Bonchev–Trinajstić information content (AvgIpc) is 3.21. The molecule has 0 aliphatic carbocycles. The third-order valence-corrected chi connectivity index (χ3v) is 4.16. The molecule has 0 radical (unpaired) electrons. The maximum Gasteiger partial charge on any atom is 0.418 e. The molecule has 2 N–H and O–H groups in total. The van der Waals surface area contributed by atoms with Crippen LogP contribution in [0.2, 0.25) is 0 Å². The van der Waals surface area contributed by atoms with Crippen LogP contribution in [0.15, 0.2) is 46.2 Å². The minimum atomic E-state index is -4.46. The van der Waals surface area contributed by atoms with Crippen LogP contribution < -0.4 is 10.6 Å². The smallest absolute Gasteiger partial charge is 0.418 e. The molecular weight excluding hydrogens is 367 g/mol. The van der Waals surface area contributed by atoms with Crippen LogP contribution in [0.3, 0.4) is 0 Å². The molecule has 0 spiro atoms.